The number of likely N-dealkylation sites (N-methyl/N-ethyl adjacent to an activating group) is 1. The molecule has 3 amide bonds. The van der Waals surface area contributed by atoms with Crippen molar-refractivity contribution in [3.63, 3.8) is 0 Å². The number of nitrogens with one attached hydrogen (secondary N) is 2. The van der Waals surface area contributed by atoms with Gasteiger partial charge in [-0.2, -0.15) is 0 Å². The number of halogens is 1. The summed E-state index contributed by atoms with van der Waals surface area (Å²) < 4.78 is 0. The van der Waals surface area contributed by atoms with E-state index in [0.717, 1.165) is 19.3 Å². The van der Waals surface area contributed by atoms with E-state index in [2.05, 4.69) is 27.8 Å². The number of carbonyl (C=O) groups excluding carboxylic acids is 3. The maximum absolute atomic E-state index is 12.8. The third-order valence-corrected chi connectivity index (χ3v) is 6.76. The molecule has 4 rings (SSSR count). The number of imide groups is 1. The molecule has 3 aliphatic carbocycles. The minimum absolute atomic E-state index is 0. The van der Waals surface area contributed by atoms with E-state index in [-0.39, 0.29) is 71.9 Å². The van der Waals surface area contributed by atoms with Crippen LogP contribution in [-0.2, 0) is 14.4 Å². The topological polar surface area (TPSA) is 94.1 Å². The van der Waals surface area contributed by atoms with Crippen molar-refractivity contribution in [2.45, 2.75) is 38.1 Å². The van der Waals surface area contributed by atoms with Gasteiger partial charge in [0.05, 0.1) is 11.8 Å². The lowest BCUT2D eigenvalue weighted by Crippen LogP contribution is -2.46. The lowest BCUT2D eigenvalue weighted by atomic mass is 9.85. The van der Waals surface area contributed by atoms with Crippen LogP contribution in [0.5, 0.6) is 0 Å². The second-order valence-electron chi connectivity index (χ2n) is 8.83. The molecule has 4 unspecified atom stereocenters. The van der Waals surface area contributed by atoms with E-state index >= 15 is 0 Å². The number of aliphatic imine (C=N–C) groups is 1. The molecule has 0 spiro atoms. The summed E-state index contributed by atoms with van der Waals surface area (Å²) in [6, 6.07) is 0.354. The number of fused-ring (bicyclic) bond motifs is 5. The van der Waals surface area contributed by atoms with E-state index in [9.17, 15) is 14.4 Å². The average molecular weight is 529 g/mol. The lowest BCUT2D eigenvalue weighted by molar-refractivity contribution is -0.140. The Balaban J connectivity index is 0.00000256. The molecule has 1 aliphatic heterocycles. The van der Waals surface area contributed by atoms with Crippen molar-refractivity contribution in [1.29, 1.82) is 0 Å². The normalized spacial score (nSPS) is 29.9. The number of hydrogen-bond donors (Lipinski definition) is 2. The Hall–Kier alpha value is -1.65. The van der Waals surface area contributed by atoms with Gasteiger partial charge >= 0.3 is 0 Å². The first-order valence-electron chi connectivity index (χ1n) is 10.7. The van der Waals surface area contributed by atoms with Crippen LogP contribution in [0.4, 0.5) is 0 Å². The number of guanidine groups is 1. The molecule has 8 nitrogen and oxygen atoms in total. The summed E-state index contributed by atoms with van der Waals surface area (Å²) in [6.45, 7) is 0.821. The second-order valence-corrected chi connectivity index (χ2v) is 8.83. The highest BCUT2D eigenvalue weighted by Crippen LogP contribution is 2.52. The molecule has 3 fully saturated rings. The van der Waals surface area contributed by atoms with Crippen LogP contribution in [0.15, 0.2) is 17.1 Å². The molecular formula is C21H32IN5O3. The highest BCUT2D eigenvalue weighted by Gasteiger charge is 2.58. The number of rotatable bonds is 6. The fraction of sp³-hybridized carbons (Fsp3) is 0.714. The van der Waals surface area contributed by atoms with Crippen LogP contribution >= 0.6 is 24.0 Å². The number of likely N-dealkylation sites (tertiary alicyclic amines) is 1. The quantitative estimate of drug-likeness (QED) is 0.176. The van der Waals surface area contributed by atoms with E-state index in [1.165, 1.54) is 22.6 Å². The Morgan fingerprint density at radius 2 is 1.73 bits per heavy atom. The number of nitrogens with zero attached hydrogens (tertiary/aromatic N) is 3. The monoisotopic (exact) mass is 529 g/mol. The Bertz CT molecular complexity index is 717. The van der Waals surface area contributed by atoms with Crippen molar-refractivity contribution in [2.75, 3.05) is 33.7 Å². The number of allylic oxidation sites excluding steroid dienone is 2. The molecule has 0 aromatic carbocycles. The average Bonchev–Trinajstić information content (AvgIpc) is 3.47. The van der Waals surface area contributed by atoms with Gasteiger partial charge < -0.3 is 15.5 Å². The predicted octanol–water partition coefficient (Wildman–Crippen LogP) is 0.977. The molecule has 2 bridgehead atoms. The van der Waals surface area contributed by atoms with Crippen molar-refractivity contribution < 1.29 is 14.4 Å². The maximum Gasteiger partial charge on any atom is 0.243 e. The van der Waals surface area contributed by atoms with E-state index in [1.807, 2.05) is 0 Å². The standard InChI is InChI=1S/C21H31N5O3.HI/c1-25(2)16(27)12-23-21(24-15-5-3-4-6-15)22-9-10-26-19(28)17-13-7-8-14(11-13)18(17)20(26)29;/h7-8,13-15,17-18H,3-6,9-12H2,1-2H3,(H2,22,23,24);1H. The first kappa shape index (κ1) is 23.0. The Labute approximate surface area is 194 Å². The number of hydrogen-bond acceptors (Lipinski definition) is 4. The predicted molar refractivity (Wildman–Crippen MR) is 124 cm³/mol. The van der Waals surface area contributed by atoms with Crippen LogP contribution in [0.1, 0.15) is 32.1 Å². The second kappa shape index (κ2) is 9.65. The van der Waals surface area contributed by atoms with Crippen molar-refractivity contribution in [1.82, 2.24) is 20.4 Å². The van der Waals surface area contributed by atoms with E-state index in [0.29, 0.717) is 25.1 Å². The molecule has 0 aromatic rings. The third kappa shape index (κ3) is 4.50. The summed E-state index contributed by atoms with van der Waals surface area (Å²) in [7, 11) is 3.41. The van der Waals surface area contributed by atoms with Crippen LogP contribution in [0.2, 0.25) is 0 Å². The van der Waals surface area contributed by atoms with Gasteiger partial charge in [0, 0.05) is 33.2 Å². The summed E-state index contributed by atoms with van der Waals surface area (Å²) in [5.41, 5.74) is 0. The molecule has 1 saturated heterocycles. The molecule has 2 N–H and O–H groups in total. The molecule has 30 heavy (non-hydrogen) atoms. The smallest absolute Gasteiger partial charge is 0.243 e. The molecular weight excluding hydrogens is 497 g/mol. The van der Waals surface area contributed by atoms with Crippen molar-refractivity contribution in [2.24, 2.45) is 28.7 Å². The SMILES string of the molecule is CN(C)C(=O)CN=C(NCCN1C(=O)C2C3C=CC(C3)C2C1=O)NC1CCCC1.I. The molecule has 2 saturated carbocycles. The first-order chi connectivity index (χ1) is 14.0. The molecule has 9 heteroatoms. The van der Waals surface area contributed by atoms with Crippen molar-refractivity contribution in [3.05, 3.63) is 12.2 Å². The number of amides is 3. The molecule has 4 aliphatic rings. The molecule has 0 aromatic heterocycles. The third-order valence-electron chi connectivity index (χ3n) is 6.76. The van der Waals surface area contributed by atoms with Crippen LogP contribution < -0.4 is 10.6 Å². The first-order valence-corrected chi connectivity index (χ1v) is 10.7. The van der Waals surface area contributed by atoms with E-state index < -0.39 is 0 Å². The van der Waals surface area contributed by atoms with Crippen molar-refractivity contribution >= 4 is 47.7 Å². The molecule has 1 heterocycles. The summed E-state index contributed by atoms with van der Waals surface area (Å²) in [5, 5.41) is 6.61. The van der Waals surface area contributed by atoms with Crippen LogP contribution in [0.25, 0.3) is 0 Å². The summed E-state index contributed by atoms with van der Waals surface area (Å²) in [6.07, 6.45) is 9.72. The largest absolute Gasteiger partial charge is 0.355 e. The molecule has 0 radical (unpaired) electrons. The Kier molecular flexibility index (Phi) is 7.41. The zero-order valence-electron chi connectivity index (χ0n) is 17.7. The van der Waals surface area contributed by atoms with Gasteiger partial charge in [-0.1, -0.05) is 25.0 Å². The number of carbonyl (C=O) groups is 3. The summed E-state index contributed by atoms with van der Waals surface area (Å²) >= 11 is 0. The van der Waals surface area contributed by atoms with Crippen LogP contribution in [0.3, 0.4) is 0 Å². The van der Waals surface area contributed by atoms with E-state index in [4.69, 9.17) is 0 Å². The van der Waals surface area contributed by atoms with Gasteiger partial charge in [0.1, 0.15) is 6.54 Å². The van der Waals surface area contributed by atoms with Gasteiger partial charge in [0.15, 0.2) is 5.96 Å². The maximum atomic E-state index is 12.8. The van der Waals surface area contributed by atoms with Crippen LogP contribution in [-0.4, -0.2) is 73.3 Å². The zero-order chi connectivity index (χ0) is 20.5. The highest BCUT2D eigenvalue weighted by molar-refractivity contribution is 14.0. The fourth-order valence-electron chi connectivity index (χ4n) is 5.17. The highest BCUT2D eigenvalue weighted by atomic mass is 127. The van der Waals surface area contributed by atoms with Gasteiger partial charge in [-0.3, -0.25) is 19.3 Å². The summed E-state index contributed by atoms with van der Waals surface area (Å²) in [4.78, 5) is 44.8. The molecule has 166 valence electrons. The Morgan fingerprint density at radius 1 is 1.13 bits per heavy atom. The fourth-order valence-corrected chi connectivity index (χ4v) is 5.17. The van der Waals surface area contributed by atoms with E-state index in [1.54, 1.807) is 14.1 Å². The molecule has 4 atom stereocenters. The van der Waals surface area contributed by atoms with Gasteiger partial charge in [-0.25, -0.2) is 4.99 Å². The summed E-state index contributed by atoms with van der Waals surface area (Å²) in [5.74, 6) is 0.619. The zero-order valence-corrected chi connectivity index (χ0v) is 20.0. The minimum atomic E-state index is -0.153. The Morgan fingerprint density at radius 3 is 2.30 bits per heavy atom. The van der Waals surface area contributed by atoms with Gasteiger partial charge in [-0.15, -0.1) is 24.0 Å². The van der Waals surface area contributed by atoms with Gasteiger partial charge in [0.25, 0.3) is 0 Å². The van der Waals surface area contributed by atoms with Gasteiger partial charge in [-0.05, 0) is 31.1 Å². The van der Waals surface area contributed by atoms with Gasteiger partial charge in [0.2, 0.25) is 17.7 Å². The lowest BCUT2D eigenvalue weighted by Gasteiger charge is -2.21. The van der Waals surface area contributed by atoms with Crippen LogP contribution in [0, 0.1) is 23.7 Å². The minimum Gasteiger partial charge on any atom is -0.355 e. The van der Waals surface area contributed by atoms with Crippen molar-refractivity contribution in [3.8, 4) is 0 Å².